The molecule has 0 saturated heterocycles. The summed E-state index contributed by atoms with van der Waals surface area (Å²) in [6.45, 7) is 4.23. The highest BCUT2D eigenvalue weighted by atomic mass is 16.5. The summed E-state index contributed by atoms with van der Waals surface area (Å²) in [4.78, 5) is 22.8. The van der Waals surface area contributed by atoms with E-state index in [9.17, 15) is 9.59 Å². The van der Waals surface area contributed by atoms with Gasteiger partial charge >= 0.3 is 12.0 Å². The second-order valence-corrected chi connectivity index (χ2v) is 4.75. The third-order valence-electron chi connectivity index (χ3n) is 2.59. The third-order valence-corrected chi connectivity index (χ3v) is 2.59. The third kappa shape index (κ3) is 7.20. The summed E-state index contributed by atoms with van der Waals surface area (Å²) in [5.41, 5.74) is 0.963. The molecule has 0 saturated carbocycles. The minimum absolute atomic E-state index is 0.138. The molecule has 0 unspecified atom stereocenters. The maximum atomic E-state index is 11.5. The first-order chi connectivity index (χ1) is 10.0. The molecule has 0 bridgehead atoms. The molecule has 21 heavy (non-hydrogen) atoms. The van der Waals surface area contributed by atoms with Gasteiger partial charge in [0.05, 0.1) is 19.6 Å². The van der Waals surface area contributed by atoms with Crippen molar-refractivity contribution in [3.63, 3.8) is 0 Å². The number of carbonyl (C=O) groups is 2. The molecule has 0 heterocycles. The van der Waals surface area contributed by atoms with E-state index in [2.05, 4.69) is 10.6 Å². The summed E-state index contributed by atoms with van der Waals surface area (Å²) >= 11 is 0. The van der Waals surface area contributed by atoms with Gasteiger partial charge in [0.1, 0.15) is 5.75 Å². The van der Waals surface area contributed by atoms with E-state index in [-0.39, 0.29) is 31.1 Å². The minimum atomic E-state index is -0.319. The van der Waals surface area contributed by atoms with Crippen molar-refractivity contribution in [2.45, 2.75) is 32.9 Å². The Labute approximate surface area is 124 Å². The quantitative estimate of drug-likeness (QED) is 0.752. The summed E-state index contributed by atoms with van der Waals surface area (Å²) in [5.74, 6) is 0.451. The fourth-order valence-corrected chi connectivity index (χ4v) is 1.59. The van der Waals surface area contributed by atoms with Crippen LogP contribution in [0, 0.1) is 0 Å². The smallest absolute Gasteiger partial charge is 0.315 e. The standard InChI is InChI=1S/C15H22N2O4/c1-11(2)21-14(18)8-9-16-15(19)17-10-12-4-6-13(20-3)7-5-12/h4-7,11H,8-10H2,1-3H3,(H2,16,17,19). The zero-order valence-electron chi connectivity index (χ0n) is 12.6. The van der Waals surface area contributed by atoms with Gasteiger partial charge in [-0.25, -0.2) is 4.79 Å². The number of hydrogen-bond donors (Lipinski definition) is 2. The SMILES string of the molecule is COc1ccc(CNC(=O)NCCC(=O)OC(C)C)cc1. The van der Waals surface area contributed by atoms with E-state index in [0.29, 0.717) is 6.54 Å². The number of carbonyl (C=O) groups excluding carboxylic acids is 2. The van der Waals surface area contributed by atoms with Crippen LogP contribution in [-0.2, 0) is 16.1 Å². The zero-order chi connectivity index (χ0) is 15.7. The van der Waals surface area contributed by atoms with Gasteiger partial charge in [-0.3, -0.25) is 4.79 Å². The molecule has 0 radical (unpaired) electrons. The molecular formula is C15H22N2O4. The van der Waals surface area contributed by atoms with Crippen molar-refractivity contribution in [1.29, 1.82) is 0 Å². The maximum Gasteiger partial charge on any atom is 0.315 e. The molecule has 6 heteroatoms. The lowest BCUT2D eigenvalue weighted by molar-refractivity contribution is -0.147. The lowest BCUT2D eigenvalue weighted by Crippen LogP contribution is -2.36. The van der Waals surface area contributed by atoms with Crippen LogP contribution in [0.4, 0.5) is 4.79 Å². The fraction of sp³-hybridized carbons (Fsp3) is 0.467. The molecule has 116 valence electrons. The zero-order valence-corrected chi connectivity index (χ0v) is 12.6. The van der Waals surface area contributed by atoms with Gasteiger partial charge in [-0.1, -0.05) is 12.1 Å². The molecule has 1 aromatic rings. The van der Waals surface area contributed by atoms with Crippen molar-refractivity contribution >= 4 is 12.0 Å². The molecular weight excluding hydrogens is 272 g/mol. The molecule has 0 aromatic heterocycles. The Morgan fingerprint density at radius 1 is 1.14 bits per heavy atom. The molecule has 0 aliphatic carbocycles. The van der Waals surface area contributed by atoms with E-state index >= 15 is 0 Å². The summed E-state index contributed by atoms with van der Waals surface area (Å²) in [5, 5.41) is 5.31. The maximum absolute atomic E-state index is 11.5. The van der Waals surface area contributed by atoms with Crippen LogP contribution >= 0.6 is 0 Å². The van der Waals surface area contributed by atoms with E-state index in [0.717, 1.165) is 11.3 Å². The minimum Gasteiger partial charge on any atom is -0.497 e. The molecule has 0 aliphatic heterocycles. The Balaban J connectivity index is 2.20. The lowest BCUT2D eigenvalue weighted by atomic mass is 10.2. The van der Waals surface area contributed by atoms with Gasteiger partial charge in [0, 0.05) is 13.1 Å². The topological polar surface area (TPSA) is 76.7 Å². The summed E-state index contributed by atoms with van der Waals surface area (Å²) in [7, 11) is 1.60. The Bertz CT molecular complexity index is 457. The van der Waals surface area contributed by atoms with Crippen LogP contribution in [-0.4, -0.2) is 31.8 Å². The van der Waals surface area contributed by atoms with Gasteiger partial charge in [-0.2, -0.15) is 0 Å². The predicted octanol–water partition coefficient (Wildman–Crippen LogP) is 1.84. The molecule has 2 amide bonds. The van der Waals surface area contributed by atoms with Gasteiger partial charge in [0.15, 0.2) is 0 Å². The van der Waals surface area contributed by atoms with Crippen LogP contribution < -0.4 is 15.4 Å². The van der Waals surface area contributed by atoms with E-state index in [1.807, 2.05) is 24.3 Å². The van der Waals surface area contributed by atoms with E-state index in [1.54, 1.807) is 21.0 Å². The van der Waals surface area contributed by atoms with Crippen molar-refractivity contribution < 1.29 is 19.1 Å². The van der Waals surface area contributed by atoms with Gasteiger partial charge in [0.2, 0.25) is 0 Å². The van der Waals surface area contributed by atoms with Gasteiger partial charge in [-0.15, -0.1) is 0 Å². The number of hydrogen-bond acceptors (Lipinski definition) is 4. The average molecular weight is 294 g/mol. The van der Waals surface area contributed by atoms with Crippen molar-refractivity contribution in [3.05, 3.63) is 29.8 Å². The molecule has 1 rings (SSSR count). The van der Waals surface area contributed by atoms with E-state index in [4.69, 9.17) is 9.47 Å². The number of amides is 2. The Hall–Kier alpha value is -2.24. The second kappa shape index (κ2) is 8.84. The van der Waals surface area contributed by atoms with Crippen LogP contribution in [0.2, 0.25) is 0 Å². The highest BCUT2D eigenvalue weighted by molar-refractivity contribution is 5.75. The fourth-order valence-electron chi connectivity index (χ4n) is 1.59. The molecule has 1 aromatic carbocycles. The number of methoxy groups -OCH3 is 1. The van der Waals surface area contributed by atoms with Crippen LogP contribution in [0.5, 0.6) is 5.75 Å². The van der Waals surface area contributed by atoms with Crippen LogP contribution in [0.25, 0.3) is 0 Å². The Morgan fingerprint density at radius 3 is 2.38 bits per heavy atom. The van der Waals surface area contributed by atoms with Crippen molar-refractivity contribution in [3.8, 4) is 5.75 Å². The number of urea groups is 1. The van der Waals surface area contributed by atoms with Gasteiger partial charge in [0.25, 0.3) is 0 Å². The second-order valence-electron chi connectivity index (χ2n) is 4.75. The first-order valence-electron chi connectivity index (χ1n) is 6.85. The summed E-state index contributed by atoms with van der Waals surface area (Å²) in [6, 6.07) is 7.09. The largest absolute Gasteiger partial charge is 0.497 e. The van der Waals surface area contributed by atoms with Crippen LogP contribution in [0.1, 0.15) is 25.8 Å². The van der Waals surface area contributed by atoms with Gasteiger partial charge in [-0.05, 0) is 31.5 Å². The monoisotopic (exact) mass is 294 g/mol. The number of benzene rings is 1. The predicted molar refractivity (Wildman–Crippen MR) is 79.1 cm³/mol. The van der Waals surface area contributed by atoms with Crippen LogP contribution in [0.15, 0.2) is 24.3 Å². The first-order valence-corrected chi connectivity index (χ1v) is 6.85. The molecule has 0 fully saturated rings. The number of rotatable bonds is 7. The lowest BCUT2D eigenvalue weighted by Gasteiger charge is -2.09. The average Bonchev–Trinajstić information content (AvgIpc) is 2.45. The molecule has 0 atom stereocenters. The normalized spacial score (nSPS) is 10.1. The van der Waals surface area contributed by atoms with Gasteiger partial charge < -0.3 is 20.1 Å². The number of nitrogens with one attached hydrogen (secondary N) is 2. The summed E-state index contributed by atoms with van der Waals surface area (Å²) < 4.78 is 10.0. The van der Waals surface area contributed by atoms with E-state index in [1.165, 1.54) is 0 Å². The van der Waals surface area contributed by atoms with Crippen LogP contribution in [0.3, 0.4) is 0 Å². The Morgan fingerprint density at radius 2 is 1.81 bits per heavy atom. The van der Waals surface area contributed by atoms with Crippen molar-refractivity contribution in [1.82, 2.24) is 10.6 Å². The highest BCUT2D eigenvalue weighted by Crippen LogP contribution is 2.10. The molecule has 0 spiro atoms. The van der Waals surface area contributed by atoms with Crippen molar-refractivity contribution in [2.75, 3.05) is 13.7 Å². The molecule has 2 N–H and O–H groups in total. The highest BCUT2D eigenvalue weighted by Gasteiger charge is 2.06. The molecule has 0 aliphatic rings. The first kappa shape index (κ1) is 16.8. The Kier molecular flexibility index (Phi) is 7.08. The van der Waals surface area contributed by atoms with E-state index < -0.39 is 0 Å². The molecule has 6 nitrogen and oxygen atoms in total. The number of ether oxygens (including phenoxy) is 2. The number of esters is 1. The summed E-state index contributed by atoms with van der Waals surface area (Å²) in [6.07, 6.45) is 0.0233. The van der Waals surface area contributed by atoms with Crippen molar-refractivity contribution in [2.24, 2.45) is 0 Å².